The highest BCUT2D eigenvalue weighted by Gasteiger charge is 2.11. The maximum Gasteiger partial charge on any atom is 0.251 e. The monoisotopic (exact) mass is 362 g/mol. The molecule has 0 aliphatic rings. The largest absolute Gasteiger partial charge is 0.491 e. The average molecular weight is 362 g/mol. The number of primary sulfonamides is 1. The molecule has 0 aliphatic heterocycles. The van der Waals surface area contributed by atoms with Gasteiger partial charge >= 0.3 is 0 Å². The Labute approximate surface area is 148 Å². The van der Waals surface area contributed by atoms with Crippen LogP contribution < -0.4 is 15.2 Å². The molecule has 25 heavy (non-hydrogen) atoms. The molecular weight excluding hydrogens is 340 g/mol. The predicted molar refractivity (Wildman–Crippen MR) is 96.2 cm³/mol. The summed E-state index contributed by atoms with van der Waals surface area (Å²) in [7, 11) is -3.74. The summed E-state index contributed by atoms with van der Waals surface area (Å²) >= 11 is 0. The van der Waals surface area contributed by atoms with E-state index in [1.807, 2.05) is 32.0 Å². The third-order valence-corrected chi connectivity index (χ3v) is 4.58. The van der Waals surface area contributed by atoms with Gasteiger partial charge in [0.15, 0.2) is 0 Å². The van der Waals surface area contributed by atoms with E-state index in [1.54, 1.807) is 12.1 Å². The molecule has 2 aromatic carbocycles. The zero-order chi connectivity index (χ0) is 18.4. The summed E-state index contributed by atoms with van der Waals surface area (Å²) in [5.74, 6) is 0.423. The van der Waals surface area contributed by atoms with Crippen LogP contribution in [0, 0.1) is 6.92 Å². The number of benzene rings is 2. The second-order valence-electron chi connectivity index (χ2n) is 5.64. The van der Waals surface area contributed by atoms with Crippen molar-refractivity contribution < 1.29 is 17.9 Å². The Kier molecular flexibility index (Phi) is 6.17. The van der Waals surface area contributed by atoms with Crippen LogP contribution in [0.1, 0.15) is 28.4 Å². The van der Waals surface area contributed by atoms with E-state index < -0.39 is 10.0 Å². The Morgan fingerprint density at radius 3 is 2.60 bits per heavy atom. The summed E-state index contributed by atoms with van der Waals surface area (Å²) < 4.78 is 28.4. The van der Waals surface area contributed by atoms with E-state index in [9.17, 15) is 13.2 Å². The zero-order valence-electron chi connectivity index (χ0n) is 14.3. The average Bonchev–Trinajstić information content (AvgIpc) is 2.57. The fraction of sp³-hybridized carbons (Fsp3) is 0.278. The molecule has 0 atom stereocenters. The van der Waals surface area contributed by atoms with Crippen molar-refractivity contribution in [3.63, 3.8) is 0 Å². The number of hydrogen-bond acceptors (Lipinski definition) is 4. The number of aryl methyl sites for hydroxylation is 2. The number of rotatable bonds is 7. The highest BCUT2D eigenvalue weighted by molar-refractivity contribution is 7.89. The van der Waals surface area contributed by atoms with E-state index in [-0.39, 0.29) is 17.4 Å². The first-order valence-electron chi connectivity index (χ1n) is 7.94. The van der Waals surface area contributed by atoms with Gasteiger partial charge in [-0.2, -0.15) is 0 Å². The molecule has 0 spiro atoms. The lowest BCUT2D eigenvalue weighted by molar-refractivity contribution is 0.0947. The van der Waals surface area contributed by atoms with Gasteiger partial charge in [-0.05, 0) is 49.2 Å². The summed E-state index contributed by atoms with van der Waals surface area (Å²) in [5, 5.41) is 7.92. The summed E-state index contributed by atoms with van der Waals surface area (Å²) in [6, 6.07) is 11.8. The molecule has 2 aromatic rings. The second kappa shape index (κ2) is 8.13. The summed E-state index contributed by atoms with van der Waals surface area (Å²) in [6.07, 6.45) is 0.606. The minimum absolute atomic E-state index is 0.0597. The maximum absolute atomic E-state index is 12.0. The van der Waals surface area contributed by atoms with Crippen LogP contribution in [-0.2, 0) is 16.4 Å². The van der Waals surface area contributed by atoms with Crippen LogP contribution >= 0.6 is 0 Å². The topological polar surface area (TPSA) is 98.5 Å². The van der Waals surface area contributed by atoms with Crippen molar-refractivity contribution in [2.75, 3.05) is 13.2 Å². The van der Waals surface area contributed by atoms with Crippen LogP contribution in [0.3, 0.4) is 0 Å². The number of amides is 1. The van der Waals surface area contributed by atoms with Gasteiger partial charge in [0.2, 0.25) is 10.0 Å². The second-order valence-corrected chi connectivity index (χ2v) is 7.20. The normalized spacial score (nSPS) is 11.2. The molecule has 0 aromatic heterocycles. The van der Waals surface area contributed by atoms with Gasteiger partial charge in [0.05, 0.1) is 11.4 Å². The van der Waals surface area contributed by atoms with E-state index >= 15 is 0 Å². The molecule has 0 radical (unpaired) electrons. The zero-order valence-corrected chi connectivity index (χ0v) is 15.1. The van der Waals surface area contributed by atoms with Crippen LogP contribution in [-0.4, -0.2) is 27.5 Å². The number of carbonyl (C=O) groups is 1. The van der Waals surface area contributed by atoms with Crippen molar-refractivity contribution in [1.82, 2.24) is 5.32 Å². The van der Waals surface area contributed by atoms with Gasteiger partial charge in [-0.25, -0.2) is 13.6 Å². The van der Waals surface area contributed by atoms with Gasteiger partial charge in [0.1, 0.15) is 12.4 Å². The summed E-state index contributed by atoms with van der Waals surface area (Å²) in [6.45, 7) is 4.44. The lowest BCUT2D eigenvalue weighted by atomic mass is 10.1. The quantitative estimate of drug-likeness (QED) is 0.736. The minimum Gasteiger partial charge on any atom is -0.491 e. The molecule has 134 valence electrons. The molecule has 0 saturated heterocycles. The van der Waals surface area contributed by atoms with Crippen molar-refractivity contribution in [2.45, 2.75) is 25.2 Å². The molecule has 1 amide bonds. The van der Waals surface area contributed by atoms with Crippen LogP contribution in [0.15, 0.2) is 47.4 Å². The third kappa shape index (κ3) is 5.30. The maximum atomic E-state index is 12.0. The van der Waals surface area contributed by atoms with Gasteiger partial charge < -0.3 is 10.1 Å². The van der Waals surface area contributed by atoms with E-state index in [0.717, 1.165) is 11.1 Å². The van der Waals surface area contributed by atoms with Crippen LogP contribution in [0.2, 0.25) is 0 Å². The van der Waals surface area contributed by atoms with Crippen LogP contribution in [0.4, 0.5) is 0 Å². The fourth-order valence-electron chi connectivity index (χ4n) is 2.36. The van der Waals surface area contributed by atoms with Gasteiger partial charge in [-0.1, -0.05) is 24.6 Å². The molecule has 0 saturated carbocycles. The fourth-order valence-corrected chi connectivity index (χ4v) is 2.93. The minimum atomic E-state index is -3.74. The molecule has 2 rings (SSSR count). The summed E-state index contributed by atoms with van der Waals surface area (Å²) in [5.41, 5.74) is 2.37. The standard InChI is InChI=1S/C18H22N2O4S/c1-3-14-12-16(25(19,22)23)7-8-17(14)24-10-9-20-18(21)15-6-4-5-13(2)11-15/h4-8,11-12H,3,9-10H2,1-2H3,(H,20,21)(H2,19,22,23). The molecular formula is C18H22N2O4S. The molecule has 6 nitrogen and oxygen atoms in total. The van der Waals surface area contributed by atoms with Crippen molar-refractivity contribution in [3.05, 3.63) is 59.2 Å². The lowest BCUT2D eigenvalue weighted by Gasteiger charge is -2.12. The lowest BCUT2D eigenvalue weighted by Crippen LogP contribution is -2.28. The Balaban J connectivity index is 1.92. The number of hydrogen-bond donors (Lipinski definition) is 2. The number of ether oxygens (including phenoxy) is 1. The van der Waals surface area contributed by atoms with E-state index in [0.29, 0.717) is 24.3 Å². The van der Waals surface area contributed by atoms with E-state index in [4.69, 9.17) is 9.88 Å². The first-order valence-corrected chi connectivity index (χ1v) is 9.49. The van der Waals surface area contributed by atoms with E-state index in [2.05, 4.69) is 5.32 Å². The van der Waals surface area contributed by atoms with E-state index in [1.165, 1.54) is 12.1 Å². The number of nitrogens with one attached hydrogen (secondary N) is 1. The number of sulfonamides is 1. The van der Waals surface area contributed by atoms with Crippen molar-refractivity contribution in [1.29, 1.82) is 0 Å². The third-order valence-electron chi connectivity index (χ3n) is 3.67. The van der Waals surface area contributed by atoms with Crippen LogP contribution in [0.25, 0.3) is 0 Å². The van der Waals surface area contributed by atoms with Gasteiger partial charge in [-0.15, -0.1) is 0 Å². The number of nitrogens with two attached hydrogens (primary N) is 1. The Morgan fingerprint density at radius 2 is 1.96 bits per heavy atom. The molecule has 0 heterocycles. The Hall–Kier alpha value is -2.38. The first-order chi connectivity index (χ1) is 11.8. The van der Waals surface area contributed by atoms with Crippen molar-refractivity contribution >= 4 is 15.9 Å². The van der Waals surface area contributed by atoms with Gasteiger partial charge in [-0.3, -0.25) is 4.79 Å². The Bertz CT molecular complexity index is 863. The molecule has 0 unspecified atom stereocenters. The molecule has 3 N–H and O–H groups in total. The van der Waals surface area contributed by atoms with Crippen molar-refractivity contribution in [2.24, 2.45) is 5.14 Å². The predicted octanol–water partition coefficient (Wildman–Crippen LogP) is 2.01. The first kappa shape index (κ1) is 19.0. The molecule has 0 aliphatic carbocycles. The van der Waals surface area contributed by atoms with Gasteiger partial charge in [0, 0.05) is 5.56 Å². The highest BCUT2D eigenvalue weighted by atomic mass is 32.2. The van der Waals surface area contributed by atoms with Crippen molar-refractivity contribution in [3.8, 4) is 5.75 Å². The van der Waals surface area contributed by atoms with Crippen LogP contribution in [0.5, 0.6) is 5.75 Å². The summed E-state index contributed by atoms with van der Waals surface area (Å²) in [4.78, 5) is 12.1. The highest BCUT2D eigenvalue weighted by Crippen LogP contribution is 2.22. The van der Waals surface area contributed by atoms with Gasteiger partial charge in [0.25, 0.3) is 5.91 Å². The number of carbonyl (C=O) groups excluding carboxylic acids is 1. The smallest absolute Gasteiger partial charge is 0.251 e. The molecule has 7 heteroatoms. The molecule has 0 bridgehead atoms. The SMILES string of the molecule is CCc1cc(S(N)(=O)=O)ccc1OCCNC(=O)c1cccc(C)c1. The molecule has 0 fully saturated rings. The Morgan fingerprint density at radius 1 is 1.20 bits per heavy atom.